The number of hydrogen-bond acceptors (Lipinski definition) is 3. The molecule has 2 atom stereocenters. The van der Waals surface area contributed by atoms with Gasteiger partial charge in [-0.05, 0) is 18.6 Å². The van der Waals surface area contributed by atoms with Gasteiger partial charge in [-0.15, -0.1) is 0 Å². The van der Waals surface area contributed by atoms with E-state index < -0.39 is 6.04 Å². The van der Waals surface area contributed by atoms with Gasteiger partial charge in [-0.1, -0.05) is 19.1 Å². The summed E-state index contributed by atoms with van der Waals surface area (Å²) in [5.74, 6) is 0.498. The number of anilines is 1. The van der Waals surface area contributed by atoms with Crippen molar-refractivity contribution in [3.63, 3.8) is 0 Å². The number of amides is 1. The van der Waals surface area contributed by atoms with Crippen LogP contribution in [-0.4, -0.2) is 18.1 Å². The van der Waals surface area contributed by atoms with E-state index in [2.05, 4.69) is 5.32 Å². The Bertz CT molecular complexity index is 379. The molecule has 0 bridgehead atoms. The van der Waals surface area contributed by atoms with E-state index in [0.717, 1.165) is 0 Å². The molecule has 80 valence electrons. The summed E-state index contributed by atoms with van der Waals surface area (Å²) in [5, 5.41) is 2.75. The summed E-state index contributed by atoms with van der Waals surface area (Å²) >= 11 is 0. The van der Waals surface area contributed by atoms with Crippen LogP contribution in [0.2, 0.25) is 0 Å². The van der Waals surface area contributed by atoms with E-state index in [0.29, 0.717) is 17.9 Å². The lowest BCUT2D eigenvalue weighted by Gasteiger charge is -2.18. The summed E-state index contributed by atoms with van der Waals surface area (Å²) in [6.45, 7) is 1.95. The average molecular weight is 206 g/mol. The molecule has 3 N–H and O–H groups in total. The van der Waals surface area contributed by atoms with Gasteiger partial charge in [-0.25, -0.2) is 0 Å². The molecule has 0 fully saturated rings. The minimum absolute atomic E-state index is 0.188. The molecule has 1 heterocycles. The van der Waals surface area contributed by atoms with Gasteiger partial charge in [0.25, 0.3) is 0 Å². The molecule has 0 spiro atoms. The summed E-state index contributed by atoms with van der Waals surface area (Å²) in [7, 11) is 0. The summed E-state index contributed by atoms with van der Waals surface area (Å²) in [4.78, 5) is 11.6. The van der Waals surface area contributed by atoms with Crippen LogP contribution in [0.5, 0.6) is 5.75 Å². The number of benzene rings is 1. The first-order chi connectivity index (χ1) is 7.22. The van der Waals surface area contributed by atoms with Crippen molar-refractivity contribution in [3.8, 4) is 5.75 Å². The van der Waals surface area contributed by atoms with Crippen molar-refractivity contribution in [1.29, 1.82) is 0 Å². The highest BCUT2D eigenvalue weighted by Crippen LogP contribution is 2.28. The zero-order valence-corrected chi connectivity index (χ0v) is 8.57. The number of fused-ring (bicyclic) bond motifs is 1. The van der Waals surface area contributed by atoms with Gasteiger partial charge >= 0.3 is 0 Å². The molecule has 1 aromatic carbocycles. The minimum atomic E-state index is -0.609. The molecule has 1 aliphatic rings. The van der Waals surface area contributed by atoms with Crippen LogP contribution in [-0.2, 0) is 4.79 Å². The normalized spacial score (nSPS) is 24.8. The highest BCUT2D eigenvalue weighted by atomic mass is 16.5. The first-order valence-corrected chi connectivity index (χ1v) is 5.04. The number of rotatable bonds is 1. The van der Waals surface area contributed by atoms with E-state index in [1.807, 2.05) is 25.1 Å². The van der Waals surface area contributed by atoms with Gasteiger partial charge in [0.15, 0.2) is 0 Å². The fourth-order valence-electron chi connectivity index (χ4n) is 1.63. The molecule has 2 rings (SSSR count). The van der Waals surface area contributed by atoms with Crippen molar-refractivity contribution in [3.05, 3.63) is 24.3 Å². The Morgan fingerprint density at radius 3 is 2.93 bits per heavy atom. The zero-order valence-electron chi connectivity index (χ0n) is 8.57. The third kappa shape index (κ3) is 1.80. The van der Waals surface area contributed by atoms with Gasteiger partial charge in [-0.3, -0.25) is 4.79 Å². The molecule has 0 saturated carbocycles. The molecule has 0 radical (unpaired) electrons. The van der Waals surface area contributed by atoms with E-state index in [1.54, 1.807) is 6.07 Å². The van der Waals surface area contributed by atoms with Crippen molar-refractivity contribution in [2.45, 2.75) is 25.5 Å². The Labute approximate surface area is 88.4 Å². The van der Waals surface area contributed by atoms with E-state index in [9.17, 15) is 4.79 Å². The van der Waals surface area contributed by atoms with Crippen LogP contribution < -0.4 is 15.8 Å². The van der Waals surface area contributed by atoms with E-state index in [4.69, 9.17) is 10.5 Å². The monoisotopic (exact) mass is 206 g/mol. The maximum absolute atomic E-state index is 11.6. The molecule has 4 heteroatoms. The molecule has 15 heavy (non-hydrogen) atoms. The van der Waals surface area contributed by atoms with Crippen LogP contribution in [0.3, 0.4) is 0 Å². The van der Waals surface area contributed by atoms with Gasteiger partial charge in [0, 0.05) is 0 Å². The average Bonchev–Trinajstić information content (AvgIpc) is 2.37. The molecule has 0 aliphatic carbocycles. The van der Waals surface area contributed by atoms with Crippen molar-refractivity contribution in [1.82, 2.24) is 0 Å². The van der Waals surface area contributed by atoms with Gasteiger partial charge in [0.1, 0.15) is 17.9 Å². The Balaban J connectivity index is 2.37. The van der Waals surface area contributed by atoms with Crippen molar-refractivity contribution in [2.24, 2.45) is 5.73 Å². The Morgan fingerprint density at radius 2 is 2.20 bits per heavy atom. The minimum Gasteiger partial charge on any atom is -0.486 e. The summed E-state index contributed by atoms with van der Waals surface area (Å²) in [6, 6.07) is 6.74. The number of ether oxygens (including phenoxy) is 1. The predicted molar refractivity (Wildman–Crippen MR) is 57.8 cm³/mol. The first-order valence-electron chi connectivity index (χ1n) is 5.04. The second-order valence-corrected chi connectivity index (χ2v) is 3.58. The number of para-hydroxylation sites is 2. The zero-order chi connectivity index (χ0) is 10.8. The standard InChI is InChI=1S/C11H14N2O2/c1-2-8-10(12)11(14)13-7-5-3-4-6-9(7)15-8/h3-6,8,10H,2,12H2,1H3,(H,13,14)/t8-,10+/m0/s1. The van der Waals surface area contributed by atoms with Crippen LogP contribution >= 0.6 is 0 Å². The van der Waals surface area contributed by atoms with Crippen molar-refractivity contribution < 1.29 is 9.53 Å². The van der Waals surface area contributed by atoms with E-state index in [1.165, 1.54) is 0 Å². The largest absolute Gasteiger partial charge is 0.486 e. The number of nitrogens with one attached hydrogen (secondary N) is 1. The maximum atomic E-state index is 11.6. The molecule has 0 unspecified atom stereocenters. The molecule has 1 aliphatic heterocycles. The summed E-state index contributed by atoms with van der Waals surface area (Å²) in [5.41, 5.74) is 6.46. The Morgan fingerprint density at radius 1 is 1.47 bits per heavy atom. The maximum Gasteiger partial charge on any atom is 0.245 e. The lowest BCUT2D eigenvalue weighted by molar-refractivity contribution is -0.118. The Kier molecular flexibility index (Phi) is 2.60. The molecule has 0 aromatic heterocycles. The fraction of sp³-hybridized carbons (Fsp3) is 0.364. The molecular formula is C11H14N2O2. The molecule has 1 amide bonds. The third-order valence-electron chi connectivity index (χ3n) is 2.53. The van der Waals surface area contributed by atoms with Gasteiger partial charge in [0.05, 0.1) is 5.69 Å². The van der Waals surface area contributed by atoms with Crippen LogP contribution in [0.4, 0.5) is 5.69 Å². The second-order valence-electron chi connectivity index (χ2n) is 3.58. The third-order valence-corrected chi connectivity index (χ3v) is 2.53. The van der Waals surface area contributed by atoms with E-state index >= 15 is 0 Å². The first kappa shape index (κ1) is 9.98. The van der Waals surface area contributed by atoms with Crippen LogP contribution in [0.25, 0.3) is 0 Å². The van der Waals surface area contributed by atoms with Crippen LogP contribution in [0, 0.1) is 0 Å². The molecule has 0 saturated heterocycles. The SMILES string of the molecule is CC[C@@H]1Oc2ccccc2NC(=O)[C@@H]1N. The summed E-state index contributed by atoms with van der Waals surface area (Å²) < 4.78 is 5.68. The molecule has 4 nitrogen and oxygen atoms in total. The molecular weight excluding hydrogens is 192 g/mol. The predicted octanol–water partition coefficient (Wildman–Crippen LogP) is 1.12. The highest BCUT2D eigenvalue weighted by molar-refractivity contribution is 5.97. The lowest BCUT2D eigenvalue weighted by atomic mass is 10.1. The van der Waals surface area contributed by atoms with Crippen molar-refractivity contribution in [2.75, 3.05) is 5.32 Å². The van der Waals surface area contributed by atoms with Crippen molar-refractivity contribution >= 4 is 11.6 Å². The van der Waals surface area contributed by atoms with Crippen LogP contribution in [0.15, 0.2) is 24.3 Å². The summed E-state index contributed by atoms with van der Waals surface area (Å²) in [6.07, 6.45) is 0.455. The smallest absolute Gasteiger partial charge is 0.245 e. The molecule has 1 aromatic rings. The number of hydrogen-bond donors (Lipinski definition) is 2. The van der Waals surface area contributed by atoms with Gasteiger partial charge in [0.2, 0.25) is 5.91 Å². The number of carbonyl (C=O) groups is 1. The lowest BCUT2D eigenvalue weighted by Crippen LogP contribution is -2.45. The second kappa shape index (κ2) is 3.90. The number of carbonyl (C=O) groups excluding carboxylic acids is 1. The quantitative estimate of drug-likeness (QED) is 0.723. The fourth-order valence-corrected chi connectivity index (χ4v) is 1.63. The topological polar surface area (TPSA) is 64.3 Å². The Hall–Kier alpha value is -1.55. The van der Waals surface area contributed by atoms with E-state index in [-0.39, 0.29) is 12.0 Å². The van der Waals surface area contributed by atoms with Gasteiger partial charge < -0.3 is 15.8 Å². The van der Waals surface area contributed by atoms with Crippen LogP contribution in [0.1, 0.15) is 13.3 Å². The van der Waals surface area contributed by atoms with Gasteiger partial charge in [-0.2, -0.15) is 0 Å². The highest BCUT2D eigenvalue weighted by Gasteiger charge is 2.29. The number of nitrogens with two attached hydrogens (primary N) is 1.